The lowest BCUT2D eigenvalue weighted by atomic mass is 10.1. The summed E-state index contributed by atoms with van der Waals surface area (Å²) in [6, 6.07) is 4.72. The number of ether oxygens (including phenoxy) is 1. The minimum absolute atomic E-state index is 0.00692. The zero-order valence-electron chi connectivity index (χ0n) is 10.5. The third-order valence-electron chi connectivity index (χ3n) is 2.38. The van der Waals surface area contributed by atoms with Crippen LogP contribution >= 0.6 is 15.9 Å². The van der Waals surface area contributed by atoms with Gasteiger partial charge in [-0.1, -0.05) is 22.9 Å². The van der Waals surface area contributed by atoms with E-state index in [-0.39, 0.29) is 18.0 Å². The second-order valence-electron chi connectivity index (χ2n) is 4.16. The van der Waals surface area contributed by atoms with Crippen molar-refractivity contribution in [2.45, 2.75) is 32.9 Å². The number of rotatable bonds is 6. The lowest BCUT2D eigenvalue weighted by Gasteiger charge is -2.21. The van der Waals surface area contributed by atoms with Crippen LogP contribution in [-0.2, 0) is 4.74 Å². The van der Waals surface area contributed by atoms with E-state index in [2.05, 4.69) is 21.2 Å². The molecule has 1 unspecified atom stereocenters. The van der Waals surface area contributed by atoms with Crippen molar-refractivity contribution >= 4 is 15.9 Å². The first-order chi connectivity index (χ1) is 8.04. The lowest BCUT2D eigenvalue weighted by Crippen LogP contribution is -2.27. The molecule has 17 heavy (non-hydrogen) atoms. The van der Waals surface area contributed by atoms with Crippen molar-refractivity contribution in [1.82, 2.24) is 5.32 Å². The highest BCUT2D eigenvalue weighted by Crippen LogP contribution is 2.25. The van der Waals surface area contributed by atoms with Crippen LogP contribution in [0.3, 0.4) is 0 Å². The third kappa shape index (κ3) is 4.74. The fourth-order valence-electron chi connectivity index (χ4n) is 1.58. The minimum Gasteiger partial charge on any atom is -0.377 e. The Morgan fingerprint density at radius 1 is 1.41 bits per heavy atom. The molecule has 0 aliphatic rings. The summed E-state index contributed by atoms with van der Waals surface area (Å²) >= 11 is 3.45. The van der Waals surface area contributed by atoms with Gasteiger partial charge in [0.05, 0.1) is 18.8 Å². The second-order valence-corrected chi connectivity index (χ2v) is 5.01. The van der Waals surface area contributed by atoms with E-state index < -0.39 is 0 Å². The van der Waals surface area contributed by atoms with Crippen molar-refractivity contribution in [2.24, 2.45) is 0 Å². The van der Waals surface area contributed by atoms with Crippen LogP contribution in [0.4, 0.5) is 4.39 Å². The van der Waals surface area contributed by atoms with Crippen LogP contribution in [-0.4, -0.2) is 19.3 Å². The molecule has 0 aliphatic carbocycles. The Morgan fingerprint density at radius 3 is 2.71 bits per heavy atom. The van der Waals surface area contributed by atoms with E-state index >= 15 is 0 Å². The van der Waals surface area contributed by atoms with E-state index in [0.717, 1.165) is 16.6 Å². The maximum absolute atomic E-state index is 13.3. The van der Waals surface area contributed by atoms with Gasteiger partial charge in [0.25, 0.3) is 0 Å². The average molecular weight is 304 g/mol. The number of nitrogens with one attached hydrogen (secondary N) is 1. The molecule has 1 rings (SSSR count). The van der Waals surface area contributed by atoms with Crippen LogP contribution < -0.4 is 5.32 Å². The third-order valence-corrected chi connectivity index (χ3v) is 3.10. The number of benzene rings is 1. The summed E-state index contributed by atoms with van der Waals surface area (Å²) in [4.78, 5) is 0. The van der Waals surface area contributed by atoms with Crippen molar-refractivity contribution in [3.8, 4) is 0 Å². The van der Waals surface area contributed by atoms with Gasteiger partial charge in [0.2, 0.25) is 0 Å². The van der Waals surface area contributed by atoms with Crippen LogP contribution in [0.25, 0.3) is 0 Å². The highest BCUT2D eigenvalue weighted by Gasteiger charge is 2.15. The van der Waals surface area contributed by atoms with Gasteiger partial charge < -0.3 is 10.1 Å². The first kappa shape index (κ1) is 14.6. The van der Waals surface area contributed by atoms with Gasteiger partial charge in [-0.05, 0) is 44.2 Å². The predicted octanol–water partition coefficient (Wildman–Crippen LogP) is 3.66. The normalized spacial score (nSPS) is 13.1. The van der Waals surface area contributed by atoms with Gasteiger partial charge in [-0.15, -0.1) is 0 Å². The van der Waals surface area contributed by atoms with Gasteiger partial charge >= 0.3 is 0 Å². The molecule has 0 spiro atoms. The summed E-state index contributed by atoms with van der Waals surface area (Å²) in [6.45, 7) is 7.35. The van der Waals surface area contributed by atoms with Crippen molar-refractivity contribution in [3.05, 3.63) is 34.1 Å². The van der Waals surface area contributed by atoms with E-state index in [0.29, 0.717) is 6.61 Å². The summed E-state index contributed by atoms with van der Waals surface area (Å²) in [5.41, 5.74) is 0.896. The molecular weight excluding hydrogens is 285 g/mol. The summed E-state index contributed by atoms with van der Waals surface area (Å²) in [5.74, 6) is -0.226. The molecule has 1 aromatic carbocycles. The average Bonchev–Trinajstić information content (AvgIpc) is 2.27. The van der Waals surface area contributed by atoms with Crippen molar-refractivity contribution in [2.75, 3.05) is 13.2 Å². The van der Waals surface area contributed by atoms with Crippen LogP contribution in [0.15, 0.2) is 22.7 Å². The quantitative estimate of drug-likeness (QED) is 0.866. The molecule has 0 saturated carbocycles. The van der Waals surface area contributed by atoms with Gasteiger partial charge in [0.15, 0.2) is 0 Å². The summed E-state index contributed by atoms with van der Waals surface area (Å²) in [5, 5.41) is 3.30. The highest BCUT2D eigenvalue weighted by atomic mass is 79.9. The summed E-state index contributed by atoms with van der Waals surface area (Å²) < 4.78 is 19.8. The summed E-state index contributed by atoms with van der Waals surface area (Å²) in [7, 11) is 0. The van der Waals surface area contributed by atoms with Gasteiger partial charge in [-0.2, -0.15) is 0 Å². The molecule has 4 heteroatoms. The SMILES string of the molecule is CCNC(COC(C)C)c1cc(F)ccc1Br. The van der Waals surface area contributed by atoms with E-state index in [1.807, 2.05) is 20.8 Å². The Kier molecular flexibility index (Phi) is 6.09. The van der Waals surface area contributed by atoms with E-state index in [1.54, 1.807) is 12.1 Å². The molecular formula is C13H19BrFNO. The fraction of sp³-hybridized carbons (Fsp3) is 0.538. The van der Waals surface area contributed by atoms with Crippen molar-refractivity contribution < 1.29 is 9.13 Å². The summed E-state index contributed by atoms with van der Waals surface area (Å²) in [6.07, 6.45) is 0.170. The van der Waals surface area contributed by atoms with Crippen LogP contribution in [0.2, 0.25) is 0 Å². The molecule has 1 atom stereocenters. The zero-order chi connectivity index (χ0) is 12.8. The Morgan fingerprint density at radius 2 is 2.12 bits per heavy atom. The number of halogens is 2. The largest absolute Gasteiger partial charge is 0.377 e. The van der Waals surface area contributed by atoms with Gasteiger partial charge in [0.1, 0.15) is 5.82 Å². The maximum atomic E-state index is 13.3. The molecule has 0 fully saturated rings. The van der Waals surface area contributed by atoms with E-state index in [4.69, 9.17) is 4.74 Å². The minimum atomic E-state index is -0.226. The Hall–Kier alpha value is -0.450. The maximum Gasteiger partial charge on any atom is 0.123 e. The van der Waals surface area contributed by atoms with E-state index in [9.17, 15) is 4.39 Å². The molecule has 0 saturated heterocycles. The Bertz CT molecular complexity index is 357. The fourth-order valence-corrected chi connectivity index (χ4v) is 2.10. The first-order valence-corrected chi connectivity index (χ1v) is 6.63. The molecule has 0 aromatic heterocycles. The predicted molar refractivity (Wildman–Crippen MR) is 71.6 cm³/mol. The van der Waals surface area contributed by atoms with Crippen LogP contribution in [0.5, 0.6) is 0 Å². The smallest absolute Gasteiger partial charge is 0.123 e. The molecule has 0 radical (unpaired) electrons. The van der Waals surface area contributed by atoms with Crippen molar-refractivity contribution in [3.63, 3.8) is 0 Å². The Labute approximate surface area is 111 Å². The number of hydrogen-bond acceptors (Lipinski definition) is 2. The topological polar surface area (TPSA) is 21.3 Å². The van der Waals surface area contributed by atoms with Gasteiger partial charge in [-0.25, -0.2) is 4.39 Å². The molecule has 2 nitrogen and oxygen atoms in total. The first-order valence-electron chi connectivity index (χ1n) is 5.84. The van der Waals surface area contributed by atoms with Gasteiger partial charge in [0, 0.05) is 4.47 Å². The highest BCUT2D eigenvalue weighted by molar-refractivity contribution is 9.10. The zero-order valence-corrected chi connectivity index (χ0v) is 12.1. The van der Waals surface area contributed by atoms with Crippen molar-refractivity contribution in [1.29, 1.82) is 0 Å². The molecule has 0 heterocycles. The molecule has 0 aliphatic heterocycles. The monoisotopic (exact) mass is 303 g/mol. The van der Waals surface area contributed by atoms with Gasteiger partial charge in [-0.3, -0.25) is 0 Å². The lowest BCUT2D eigenvalue weighted by molar-refractivity contribution is 0.0612. The van der Waals surface area contributed by atoms with Crippen LogP contribution in [0.1, 0.15) is 32.4 Å². The number of hydrogen-bond donors (Lipinski definition) is 1. The standard InChI is InChI=1S/C13H19BrFNO/c1-4-16-13(8-17-9(2)3)11-7-10(15)5-6-12(11)14/h5-7,9,13,16H,4,8H2,1-3H3. The molecule has 1 N–H and O–H groups in total. The number of likely N-dealkylation sites (N-methyl/N-ethyl adjacent to an activating group) is 1. The second kappa shape index (κ2) is 7.09. The molecule has 0 bridgehead atoms. The van der Waals surface area contributed by atoms with Crippen LogP contribution in [0, 0.1) is 5.82 Å². The molecule has 96 valence electrons. The molecule has 0 amide bonds. The molecule has 1 aromatic rings. The van der Waals surface area contributed by atoms with E-state index in [1.165, 1.54) is 6.07 Å². The Balaban J connectivity index is 2.84.